The van der Waals surface area contributed by atoms with Crippen molar-refractivity contribution in [1.29, 1.82) is 0 Å². The fourth-order valence-electron chi connectivity index (χ4n) is 1.53. The lowest BCUT2D eigenvalue weighted by atomic mass is 10.1. The van der Waals surface area contributed by atoms with Gasteiger partial charge in [0.05, 0.1) is 17.3 Å². The number of carbonyl (C=O) groups excluding carboxylic acids is 1. The van der Waals surface area contributed by atoms with Crippen LogP contribution in [0.15, 0.2) is 29.2 Å². The second-order valence-electron chi connectivity index (χ2n) is 5.22. The summed E-state index contributed by atoms with van der Waals surface area (Å²) in [5.74, 6) is -1.91. The zero-order valence-electron chi connectivity index (χ0n) is 12.6. The van der Waals surface area contributed by atoms with Gasteiger partial charge in [-0.05, 0) is 38.1 Å². The van der Waals surface area contributed by atoms with E-state index < -0.39 is 27.3 Å². The third kappa shape index (κ3) is 4.54. The van der Waals surface area contributed by atoms with Crippen LogP contribution in [0.2, 0.25) is 0 Å². The van der Waals surface area contributed by atoms with Crippen LogP contribution in [0.3, 0.4) is 0 Å². The normalized spacial score (nSPS) is 12.0. The van der Waals surface area contributed by atoms with Crippen molar-refractivity contribution in [3.63, 3.8) is 0 Å². The third-order valence-corrected chi connectivity index (χ3v) is 4.69. The maximum absolute atomic E-state index is 12.0. The molecule has 0 aliphatic rings. The molecule has 0 aromatic heterocycles. The standard InChI is InChI=1S/C14H19NO6S/c1-14(2,13(17)18)15-12(16)10-4-6-11(7-5-10)22(19,20)9-8-21-3/h4-7H,8-9H2,1-3H3,(H,15,16)(H,17,18). The molecule has 0 spiro atoms. The van der Waals surface area contributed by atoms with Crippen molar-refractivity contribution < 1.29 is 27.9 Å². The summed E-state index contributed by atoms with van der Waals surface area (Å²) >= 11 is 0. The van der Waals surface area contributed by atoms with Gasteiger partial charge in [0, 0.05) is 12.7 Å². The van der Waals surface area contributed by atoms with Crippen molar-refractivity contribution in [2.24, 2.45) is 0 Å². The van der Waals surface area contributed by atoms with Crippen molar-refractivity contribution in [1.82, 2.24) is 5.32 Å². The highest BCUT2D eigenvalue weighted by atomic mass is 32.2. The molecule has 7 nitrogen and oxygen atoms in total. The lowest BCUT2D eigenvalue weighted by Gasteiger charge is -2.21. The van der Waals surface area contributed by atoms with Crippen molar-refractivity contribution >= 4 is 21.7 Å². The van der Waals surface area contributed by atoms with Crippen LogP contribution in [0.4, 0.5) is 0 Å². The summed E-state index contributed by atoms with van der Waals surface area (Å²) in [5.41, 5.74) is -1.24. The van der Waals surface area contributed by atoms with Gasteiger partial charge in [0.25, 0.3) is 5.91 Å². The van der Waals surface area contributed by atoms with Crippen molar-refractivity contribution in [3.8, 4) is 0 Å². The van der Waals surface area contributed by atoms with E-state index in [1.165, 1.54) is 45.2 Å². The molecular formula is C14H19NO6S. The largest absolute Gasteiger partial charge is 0.480 e. The Labute approximate surface area is 129 Å². The van der Waals surface area contributed by atoms with Gasteiger partial charge in [0.15, 0.2) is 9.84 Å². The molecule has 0 saturated carbocycles. The minimum Gasteiger partial charge on any atom is -0.480 e. The van der Waals surface area contributed by atoms with Crippen LogP contribution in [0.1, 0.15) is 24.2 Å². The van der Waals surface area contributed by atoms with E-state index in [0.29, 0.717) is 0 Å². The van der Waals surface area contributed by atoms with Crippen molar-refractivity contribution in [3.05, 3.63) is 29.8 Å². The Bertz CT molecular complexity index is 648. The van der Waals surface area contributed by atoms with Gasteiger partial charge >= 0.3 is 5.97 Å². The van der Waals surface area contributed by atoms with Crippen LogP contribution in [0.25, 0.3) is 0 Å². The minimum absolute atomic E-state index is 0.0807. The van der Waals surface area contributed by atoms with E-state index in [2.05, 4.69) is 5.32 Å². The number of carboxylic acids is 1. The summed E-state index contributed by atoms with van der Waals surface area (Å²) < 4.78 is 28.6. The lowest BCUT2D eigenvalue weighted by Crippen LogP contribution is -2.49. The molecule has 1 rings (SSSR count). The van der Waals surface area contributed by atoms with Crippen LogP contribution in [0.5, 0.6) is 0 Å². The van der Waals surface area contributed by atoms with E-state index in [4.69, 9.17) is 9.84 Å². The van der Waals surface area contributed by atoms with E-state index in [1.807, 2.05) is 0 Å². The Kier molecular flexibility index (Phi) is 5.67. The average Bonchev–Trinajstić information content (AvgIpc) is 2.44. The molecule has 122 valence electrons. The Hall–Kier alpha value is -1.93. The van der Waals surface area contributed by atoms with E-state index >= 15 is 0 Å². The molecule has 0 bridgehead atoms. The molecule has 0 heterocycles. The van der Waals surface area contributed by atoms with Crippen LogP contribution in [0, 0.1) is 0 Å². The van der Waals surface area contributed by atoms with Crippen LogP contribution in [-0.2, 0) is 19.4 Å². The summed E-state index contributed by atoms with van der Waals surface area (Å²) in [4.78, 5) is 23.0. The Morgan fingerprint density at radius 3 is 2.23 bits per heavy atom. The Morgan fingerprint density at radius 2 is 1.77 bits per heavy atom. The Morgan fingerprint density at radius 1 is 1.23 bits per heavy atom. The summed E-state index contributed by atoms with van der Waals surface area (Å²) in [6.07, 6.45) is 0. The number of hydrogen-bond acceptors (Lipinski definition) is 5. The molecule has 0 aliphatic carbocycles. The third-order valence-electron chi connectivity index (χ3n) is 2.99. The van der Waals surface area contributed by atoms with Gasteiger partial charge in [0.2, 0.25) is 0 Å². The highest BCUT2D eigenvalue weighted by Gasteiger charge is 2.29. The van der Waals surface area contributed by atoms with E-state index in [9.17, 15) is 18.0 Å². The number of carboxylic acid groups (broad SMARTS) is 1. The number of ether oxygens (including phenoxy) is 1. The van der Waals surface area contributed by atoms with Gasteiger partial charge in [-0.2, -0.15) is 0 Å². The first kappa shape index (κ1) is 18.1. The zero-order valence-corrected chi connectivity index (χ0v) is 13.4. The number of hydrogen-bond donors (Lipinski definition) is 2. The average molecular weight is 329 g/mol. The first-order chi connectivity index (χ1) is 10.1. The highest BCUT2D eigenvalue weighted by molar-refractivity contribution is 7.91. The maximum Gasteiger partial charge on any atom is 0.328 e. The predicted molar refractivity (Wildman–Crippen MR) is 79.6 cm³/mol. The fraction of sp³-hybridized carbons (Fsp3) is 0.429. The molecule has 0 saturated heterocycles. The topological polar surface area (TPSA) is 110 Å². The summed E-state index contributed by atoms with van der Waals surface area (Å²) in [6, 6.07) is 5.31. The molecule has 2 N–H and O–H groups in total. The van der Waals surface area contributed by atoms with Crippen molar-refractivity contribution in [2.45, 2.75) is 24.3 Å². The minimum atomic E-state index is -3.46. The lowest BCUT2D eigenvalue weighted by molar-refractivity contribution is -0.143. The second kappa shape index (κ2) is 6.89. The van der Waals surface area contributed by atoms with Gasteiger partial charge in [0.1, 0.15) is 5.54 Å². The molecule has 0 unspecified atom stereocenters. The number of amides is 1. The fourth-order valence-corrected chi connectivity index (χ4v) is 2.71. The van der Waals surface area contributed by atoms with Gasteiger partial charge in [-0.25, -0.2) is 13.2 Å². The molecule has 0 fully saturated rings. The number of rotatable bonds is 7. The van der Waals surface area contributed by atoms with Gasteiger partial charge in [-0.3, -0.25) is 4.79 Å². The van der Waals surface area contributed by atoms with E-state index in [-0.39, 0.29) is 22.8 Å². The summed E-state index contributed by atoms with van der Waals surface area (Å²) in [7, 11) is -2.05. The number of carbonyl (C=O) groups is 2. The first-order valence-electron chi connectivity index (χ1n) is 6.48. The highest BCUT2D eigenvalue weighted by Crippen LogP contribution is 2.13. The molecule has 0 radical (unpaired) electrons. The molecule has 22 heavy (non-hydrogen) atoms. The molecule has 1 aromatic carbocycles. The summed E-state index contributed by atoms with van der Waals surface area (Å²) in [5, 5.41) is 11.3. The summed E-state index contributed by atoms with van der Waals surface area (Å²) in [6.45, 7) is 2.80. The van der Waals surface area contributed by atoms with Gasteiger partial charge in [-0.15, -0.1) is 0 Å². The molecule has 1 aromatic rings. The molecule has 0 aliphatic heterocycles. The first-order valence-corrected chi connectivity index (χ1v) is 8.13. The van der Waals surface area contributed by atoms with Gasteiger partial charge in [-0.1, -0.05) is 0 Å². The van der Waals surface area contributed by atoms with Crippen LogP contribution < -0.4 is 5.32 Å². The van der Waals surface area contributed by atoms with Gasteiger partial charge < -0.3 is 15.2 Å². The van der Waals surface area contributed by atoms with Crippen LogP contribution in [-0.4, -0.2) is 50.4 Å². The number of benzene rings is 1. The molecule has 1 amide bonds. The monoisotopic (exact) mass is 329 g/mol. The number of nitrogens with one attached hydrogen (secondary N) is 1. The molecule has 8 heteroatoms. The number of methoxy groups -OCH3 is 1. The predicted octanol–water partition coefficient (Wildman–Crippen LogP) is 0.700. The maximum atomic E-state index is 12.0. The zero-order chi connectivity index (χ0) is 17.0. The second-order valence-corrected chi connectivity index (χ2v) is 7.33. The van der Waals surface area contributed by atoms with Crippen LogP contribution >= 0.6 is 0 Å². The van der Waals surface area contributed by atoms with E-state index in [0.717, 1.165) is 0 Å². The Balaban J connectivity index is 2.89. The number of sulfone groups is 1. The van der Waals surface area contributed by atoms with E-state index in [1.54, 1.807) is 0 Å². The smallest absolute Gasteiger partial charge is 0.328 e. The molecular weight excluding hydrogens is 310 g/mol. The van der Waals surface area contributed by atoms with Crippen molar-refractivity contribution in [2.75, 3.05) is 19.5 Å². The quantitative estimate of drug-likeness (QED) is 0.762. The SMILES string of the molecule is COCCS(=O)(=O)c1ccc(C(=O)NC(C)(C)C(=O)O)cc1. The number of aliphatic carboxylic acids is 1. The molecule has 0 atom stereocenters.